The monoisotopic (exact) mass is 352 g/mol. The highest BCUT2D eigenvalue weighted by molar-refractivity contribution is 7.92. The van der Waals surface area contributed by atoms with Gasteiger partial charge in [0.2, 0.25) is 15.9 Å². The topological polar surface area (TPSA) is 57.7 Å². The Morgan fingerprint density at radius 1 is 1.29 bits per heavy atom. The van der Waals surface area contributed by atoms with Crippen molar-refractivity contribution in [1.29, 1.82) is 0 Å². The summed E-state index contributed by atoms with van der Waals surface area (Å²) in [5, 5.41) is 0. The third-order valence-electron chi connectivity index (χ3n) is 4.54. The summed E-state index contributed by atoms with van der Waals surface area (Å²) in [6.07, 6.45) is 3.25. The van der Waals surface area contributed by atoms with E-state index in [0.717, 1.165) is 24.7 Å². The van der Waals surface area contributed by atoms with E-state index in [1.165, 1.54) is 4.31 Å². The van der Waals surface area contributed by atoms with E-state index in [9.17, 15) is 13.2 Å². The Hall–Kier alpha value is -1.56. The molecule has 6 heteroatoms. The zero-order chi connectivity index (χ0) is 17.9. The van der Waals surface area contributed by atoms with Gasteiger partial charge in [-0.05, 0) is 42.4 Å². The van der Waals surface area contributed by atoms with Gasteiger partial charge in [-0.2, -0.15) is 0 Å². The maximum atomic E-state index is 12.6. The number of nitrogens with zero attached hydrogens (tertiary/aromatic N) is 2. The van der Waals surface area contributed by atoms with E-state index in [1.54, 1.807) is 17.0 Å². The summed E-state index contributed by atoms with van der Waals surface area (Å²) in [6, 6.07) is 7.40. The van der Waals surface area contributed by atoms with Crippen LogP contribution in [-0.4, -0.2) is 45.1 Å². The normalized spacial score (nSPS) is 18.7. The van der Waals surface area contributed by atoms with Crippen LogP contribution in [0.15, 0.2) is 24.3 Å². The van der Waals surface area contributed by atoms with Crippen LogP contribution >= 0.6 is 0 Å². The molecule has 0 N–H and O–H groups in total. The minimum atomic E-state index is -3.51. The molecular weight excluding hydrogens is 324 g/mol. The van der Waals surface area contributed by atoms with Crippen LogP contribution in [0.4, 0.5) is 5.69 Å². The third kappa shape index (κ3) is 4.72. The second-order valence-electron chi connectivity index (χ2n) is 7.10. The van der Waals surface area contributed by atoms with Crippen LogP contribution in [0.3, 0.4) is 0 Å². The number of benzene rings is 1. The van der Waals surface area contributed by atoms with Crippen LogP contribution in [-0.2, 0) is 14.8 Å². The molecule has 1 aromatic carbocycles. The van der Waals surface area contributed by atoms with E-state index in [2.05, 4.69) is 20.8 Å². The number of anilines is 1. The van der Waals surface area contributed by atoms with Gasteiger partial charge in [-0.1, -0.05) is 32.9 Å². The molecule has 1 aliphatic rings. The molecule has 24 heavy (non-hydrogen) atoms. The van der Waals surface area contributed by atoms with Crippen LogP contribution in [0.5, 0.6) is 0 Å². The Balaban J connectivity index is 2.18. The number of sulfonamides is 1. The lowest BCUT2D eigenvalue weighted by Gasteiger charge is -2.33. The first-order valence-electron chi connectivity index (χ1n) is 8.54. The average molecular weight is 353 g/mol. The lowest BCUT2D eigenvalue weighted by atomic mass is 10.0. The molecule has 1 unspecified atom stereocenters. The van der Waals surface area contributed by atoms with Crippen LogP contribution in [0.1, 0.15) is 45.1 Å². The van der Waals surface area contributed by atoms with Crippen molar-refractivity contribution in [2.24, 2.45) is 5.92 Å². The molecule has 0 aliphatic carbocycles. The summed E-state index contributed by atoms with van der Waals surface area (Å²) in [5.41, 5.74) is 1.68. The summed E-state index contributed by atoms with van der Waals surface area (Å²) in [6.45, 7) is 7.59. The molecule has 0 aromatic heterocycles. The van der Waals surface area contributed by atoms with Gasteiger partial charge >= 0.3 is 0 Å². The number of carbonyl (C=O) groups excluding carboxylic acids is 1. The summed E-state index contributed by atoms with van der Waals surface area (Å²) >= 11 is 0. The molecule has 5 nitrogen and oxygen atoms in total. The van der Waals surface area contributed by atoms with Crippen LogP contribution in [0, 0.1) is 5.92 Å². The number of piperidine rings is 1. The van der Waals surface area contributed by atoms with E-state index in [1.807, 2.05) is 12.1 Å². The second-order valence-corrected chi connectivity index (χ2v) is 9.01. The molecule has 1 saturated heterocycles. The van der Waals surface area contributed by atoms with Crippen molar-refractivity contribution in [1.82, 2.24) is 4.90 Å². The van der Waals surface area contributed by atoms with E-state index >= 15 is 0 Å². The number of rotatable bonds is 5. The standard InChI is InChI=1S/C18H28N2O3S/c1-14(2)16-7-9-17(10-8-16)20(24(4,22)23)13-18(21)19-11-5-6-15(3)12-19/h7-10,14-15H,5-6,11-13H2,1-4H3. The van der Waals surface area contributed by atoms with E-state index in [-0.39, 0.29) is 12.5 Å². The van der Waals surface area contributed by atoms with Gasteiger partial charge < -0.3 is 4.90 Å². The maximum absolute atomic E-state index is 12.6. The van der Waals surface area contributed by atoms with Gasteiger partial charge in [0.05, 0.1) is 11.9 Å². The molecule has 0 saturated carbocycles. The van der Waals surface area contributed by atoms with Gasteiger partial charge in [-0.15, -0.1) is 0 Å². The Morgan fingerprint density at radius 3 is 2.42 bits per heavy atom. The Labute approximate surface area is 145 Å². The van der Waals surface area contributed by atoms with E-state index in [4.69, 9.17) is 0 Å². The number of likely N-dealkylation sites (tertiary alicyclic amines) is 1. The van der Waals surface area contributed by atoms with Crippen LogP contribution in [0.2, 0.25) is 0 Å². The molecule has 134 valence electrons. The fraction of sp³-hybridized carbons (Fsp3) is 0.611. The van der Waals surface area contributed by atoms with Gasteiger partial charge in [-0.25, -0.2) is 8.42 Å². The summed E-state index contributed by atoms with van der Waals surface area (Å²) < 4.78 is 25.6. The summed E-state index contributed by atoms with van der Waals surface area (Å²) in [4.78, 5) is 14.4. The predicted octanol–water partition coefficient (Wildman–Crippen LogP) is 2.83. The van der Waals surface area contributed by atoms with Gasteiger partial charge in [0.25, 0.3) is 0 Å². The highest BCUT2D eigenvalue weighted by Gasteiger charge is 2.26. The number of hydrogen-bond donors (Lipinski definition) is 0. The smallest absolute Gasteiger partial charge is 0.243 e. The SMILES string of the molecule is CC1CCCN(C(=O)CN(c2ccc(C(C)C)cc2)S(C)(=O)=O)C1. The summed E-state index contributed by atoms with van der Waals surface area (Å²) in [7, 11) is -3.51. The Morgan fingerprint density at radius 2 is 1.92 bits per heavy atom. The van der Waals surface area contributed by atoms with Gasteiger partial charge in [0, 0.05) is 13.1 Å². The Kier molecular flexibility index (Phi) is 5.91. The van der Waals surface area contributed by atoms with Crippen molar-refractivity contribution in [3.63, 3.8) is 0 Å². The second kappa shape index (κ2) is 7.55. The highest BCUT2D eigenvalue weighted by Crippen LogP contribution is 2.23. The van der Waals surface area contributed by atoms with Crippen molar-refractivity contribution >= 4 is 21.6 Å². The molecule has 1 heterocycles. The van der Waals surface area contributed by atoms with Crippen molar-refractivity contribution in [2.75, 3.05) is 30.2 Å². The van der Waals surface area contributed by atoms with Crippen molar-refractivity contribution in [3.8, 4) is 0 Å². The first-order chi connectivity index (χ1) is 11.2. The number of carbonyl (C=O) groups is 1. The summed E-state index contributed by atoms with van der Waals surface area (Å²) in [5.74, 6) is 0.724. The molecule has 0 bridgehead atoms. The molecule has 2 rings (SSSR count). The minimum Gasteiger partial charge on any atom is -0.341 e. The van der Waals surface area contributed by atoms with Gasteiger partial charge in [-0.3, -0.25) is 9.10 Å². The zero-order valence-electron chi connectivity index (χ0n) is 15.0. The number of amides is 1. The molecule has 1 atom stereocenters. The molecular formula is C18H28N2O3S. The molecule has 1 fully saturated rings. The molecule has 0 spiro atoms. The lowest BCUT2D eigenvalue weighted by Crippen LogP contribution is -2.46. The highest BCUT2D eigenvalue weighted by atomic mass is 32.2. The van der Waals surface area contributed by atoms with Crippen molar-refractivity contribution < 1.29 is 13.2 Å². The first kappa shape index (κ1) is 18.8. The van der Waals surface area contributed by atoms with Crippen LogP contribution < -0.4 is 4.31 Å². The van der Waals surface area contributed by atoms with Crippen molar-refractivity contribution in [3.05, 3.63) is 29.8 Å². The third-order valence-corrected chi connectivity index (χ3v) is 5.68. The maximum Gasteiger partial charge on any atom is 0.243 e. The number of hydrogen-bond acceptors (Lipinski definition) is 3. The molecule has 0 radical (unpaired) electrons. The van der Waals surface area contributed by atoms with Crippen molar-refractivity contribution in [2.45, 2.75) is 39.5 Å². The zero-order valence-corrected chi connectivity index (χ0v) is 15.8. The molecule has 1 amide bonds. The molecule has 1 aromatic rings. The molecule has 1 aliphatic heterocycles. The lowest BCUT2D eigenvalue weighted by molar-refractivity contribution is -0.131. The predicted molar refractivity (Wildman–Crippen MR) is 97.7 cm³/mol. The Bertz CT molecular complexity index is 668. The van der Waals surface area contributed by atoms with Crippen LogP contribution in [0.25, 0.3) is 0 Å². The van der Waals surface area contributed by atoms with Gasteiger partial charge in [0.1, 0.15) is 6.54 Å². The van der Waals surface area contributed by atoms with E-state index in [0.29, 0.717) is 30.6 Å². The quantitative estimate of drug-likeness (QED) is 0.819. The minimum absolute atomic E-state index is 0.125. The average Bonchev–Trinajstić information content (AvgIpc) is 2.51. The largest absolute Gasteiger partial charge is 0.341 e. The fourth-order valence-electron chi connectivity index (χ4n) is 3.06. The first-order valence-corrected chi connectivity index (χ1v) is 10.4. The fourth-order valence-corrected chi connectivity index (χ4v) is 3.91. The van der Waals surface area contributed by atoms with Gasteiger partial charge in [0.15, 0.2) is 0 Å². The van der Waals surface area contributed by atoms with E-state index < -0.39 is 10.0 Å².